The molecule has 0 unspecified atom stereocenters. The molecule has 0 radical (unpaired) electrons. The fraction of sp³-hybridized carbons (Fsp3) is 0.533. The van der Waals surface area contributed by atoms with Gasteiger partial charge in [-0.25, -0.2) is 4.79 Å². The molecule has 0 aliphatic carbocycles. The van der Waals surface area contributed by atoms with Crippen molar-refractivity contribution in [2.45, 2.75) is 39.2 Å². The number of rotatable bonds is 6. The Balaban J connectivity index is 2.12. The van der Waals surface area contributed by atoms with Crippen molar-refractivity contribution in [2.24, 2.45) is 0 Å². The first-order valence-corrected chi connectivity index (χ1v) is 7.30. The topological polar surface area (TPSA) is 73.6 Å². The molecule has 0 heterocycles. The Morgan fingerprint density at radius 1 is 1.33 bits per heavy atom. The van der Waals surface area contributed by atoms with E-state index in [1.54, 1.807) is 18.2 Å². The Bertz CT molecular complexity index is 472. The fourth-order valence-corrected chi connectivity index (χ4v) is 1.69. The van der Waals surface area contributed by atoms with Crippen LogP contribution in [0.5, 0.6) is 5.75 Å². The van der Waals surface area contributed by atoms with Crippen molar-refractivity contribution in [1.29, 1.82) is 0 Å². The molecule has 0 bridgehead atoms. The molecule has 3 N–H and O–H groups in total. The Morgan fingerprint density at radius 3 is 2.67 bits per heavy atom. The van der Waals surface area contributed by atoms with Gasteiger partial charge in [-0.1, -0.05) is 11.6 Å². The van der Waals surface area contributed by atoms with Gasteiger partial charge in [0.25, 0.3) is 0 Å². The minimum atomic E-state index is -0.471. The van der Waals surface area contributed by atoms with E-state index < -0.39 is 11.7 Å². The van der Waals surface area contributed by atoms with Gasteiger partial charge in [-0.15, -0.1) is 0 Å². The number of nitrogen functional groups attached to an aromatic ring is 1. The smallest absolute Gasteiger partial charge is 0.407 e. The van der Waals surface area contributed by atoms with Gasteiger partial charge < -0.3 is 20.5 Å². The number of anilines is 1. The van der Waals surface area contributed by atoms with E-state index >= 15 is 0 Å². The highest BCUT2D eigenvalue weighted by atomic mass is 35.5. The third kappa shape index (κ3) is 7.66. The highest BCUT2D eigenvalue weighted by Gasteiger charge is 2.15. The minimum absolute atomic E-state index is 0.395. The van der Waals surface area contributed by atoms with E-state index in [4.69, 9.17) is 26.8 Å². The molecule has 6 heteroatoms. The number of amides is 1. The van der Waals surface area contributed by atoms with Gasteiger partial charge in [-0.2, -0.15) is 0 Å². The summed E-state index contributed by atoms with van der Waals surface area (Å²) in [6.45, 7) is 6.60. The minimum Gasteiger partial charge on any atom is -0.494 e. The zero-order valence-electron chi connectivity index (χ0n) is 12.7. The highest BCUT2D eigenvalue weighted by Crippen LogP contribution is 2.24. The fourth-order valence-electron chi connectivity index (χ4n) is 1.52. The van der Waals surface area contributed by atoms with E-state index in [-0.39, 0.29) is 0 Å². The standard InChI is InChI=1S/C15H23ClN2O3/c1-15(2,3)21-14(19)18-8-4-5-9-20-11-6-7-13(17)12(16)10-11/h6-7,10H,4-5,8-9,17H2,1-3H3,(H,18,19). The number of carbonyl (C=O) groups excluding carboxylic acids is 1. The maximum absolute atomic E-state index is 11.4. The van der Waals surface area contributed by atoms with Gasteiger partial charge in [0.1, 0.15) is 11.4 Å². The zero-order chi connectivity index (χ0) is 15.9. The van der Waals surface area contributed by atoms with E-state index in [1.807, 2.05) is 20.8 Å². The second kappa shape index (κ2) is 7.98. The van der Waals surface area contributed by atoms with Crippen molar-refractivity contribution < 1.29 is 14.3 Å². The van der Waals surface area contributed by atoms with E-state index in [0.29, 0.717) is 29.6 Å². The lowest BCUT2D eigenvalue weighted by molar-refractivity contribution is 0.0526. The number of hydrogen-bond donors (Lipinski definition) is 2. The van der Waals surface area contributed by atoms with Crippen LogP contribution < -0.4 is 15.8 Å². The molecule has 1 aromatic carbocycles. The molecular formula is C15H23ClN2O3. The van der Waals surface area contributed by atoms with Crippen molar-refractivity contribution in [1.82, 2.24) is 5.32 Å². The normalized spacial score (nSPS) is 11.0. The number of benzene rings is 1. The van der Waals surface area contributed by atoms with Gasteiger partial charge in [-0.3, -0.25) is 0 Å². The molecule has 1 amide bonds. The van der Waals surface area contributed by atoms with E-state index in [1.165, 1.54) is 0 Å². The molecule has 0 aromatic heterocycles. The second-order valence-corrected chi connectivity index (χ2v) is 6.07. The molecule has 0 spiro atoms. The number of halogens is 1. The molecule has 1 rings (SSSR count). The van der Waals surface area contributed by atoms with Crippen LogP contribution in [0.3, 0.4) is 0 Å². The van der Waals surface area contributed by atoms with Gasteiger partial charge in [0.15, 0.2) is 0 Å². The predicted octanol–water partition coefficient (Wildman–Crippen LogP) is 3.61. The lowest BCUT2D eigenvalue weighted by Gasteiger charge is -2.19. The summed E-state index contributed by atoms with van der Waals surface area (Å²) in [6.07, 6.45) is 1.23. The van der Waals surface area contributed by atoms with Gasteiger partial charge in [-0.05, 0) is 45.7 Å². The summed E-state index contributed by atoms with van der Waals surface area (Å²) in [7, 11) is 0. The van der Waals surface area contributed by atoms with Crippen LogP contribution in [0.2, 0.25) is 5.02 Å². The second-order valence-electron chi connectivity index (χ2n) is 5.67. The highest BCUT2D eigenvalue weighted by molar-refractivity contribution is 6.33. The van der Waals surface area contributed by atoms with Crippen LogP contribution in [0.1, 0.15) is 33.6 Å². The van der Waals surface area contributed by atoms with Crippen molar-refractivity contribution in [3.05, 3.63) is 23.2 Å². The Hall–Kier alpha value is -1.62. The average Bonchev–Trinajstić information content (AvgIpc) is 2.35. The van der Waals surface area contributed by atoms with Crippen molar-refractivity contribution in [2.75, 3.05) is 18.9 Å². The molecule has 1 aromatic rings. The van der Waals surface area contributed by atoms with Crippen molar-refractivity contribution >= 4 is 23.4 Å². The Morgan fingerprint density at radius 2 is 2.05 bits per heavy atom. The number of carbonyl (C=O) groups is 1. The molecule has 0 atom stereocenters. The quantitative estimate of drug-likeness (QED) is 0.621. The van der Waals surface area contributed by atoms with E-state index in [0.717, 1.165) is 12.8 Å². The number of alkyl carbamates (subject to hydrolysis) is 1. The Labute approximate surface area is 130 Å². The van der Waals surface area contributed by atoms with Crippen molar-refractivity contribution in [3.8, 4) is 5.75 Å². The van der Waals surface area contributed by atoms with Gasteiger partial charge in [0.05, 0.1) is 17.3 Å². The number of hydrogen-bond acceptors (Lipinski definition) is 4. The summed E-state index contributed by atoms with van der Waals surface area (Å²) >= 11 is 5.90. The molecule has 5 nitrogen and oxygen atoms in total. The number of nitrogens with two attached hydrogens (primary N) is 1. The SMILES string of the molecule is CC(C)(C)OC(=O)NCCCCOc1ccc(N)c(Cl)c1. The number of unbranched alkanes of at least 4 members (excludes halogenated alkanes) is 1. The summed E-state index contributed by atoms with van der Waals surface area (Å²) < 4.78 is 10.7. The predicted molar refractivity (Wildman–Crippen MR) is 84.8 cm³/mol. The van der Waals surface area contributed by atoms with Crippen LogP contribution in [0.25, 0.3) is 0 Å². The summed E-state index contributed by atoms with van der Waals surface area (Å²) in [5.74, 6) is 0.689. The lowest BCUT2D eigenvalue weighted by Crippen LogP contribution is -2.33. The van der Waals surface area contributed by atoms with Crippen molar-refractivity contribution in [3.63, 3.8) is 0 Å². The third-order valence-electron chi connectivity index (χ3n) is 2.48. The molecule has 0 fully saturated rings. The van der Waals surface area contributed by atoms with Crippen LogP contribution in [0, 0.1) is 0 Å². The maximum atomic E-state index is 11.4. The van der Waals surface area contributed by atoms with Gasteiger partial charge >= 0.3 is 6.09 Å². The molecule has 0 saturated heterocycles. The first-order valence-electron chi connectivity index (χ1n) is 6.92. The lowest BCUT2D eigenvalue weighted by atomic mass is 10.2. The molecule has 0 aliphatic rings. The van der Waals surface area contributed by atoms with E-state index in [9.17, 15) is 4.79 Å². The summed E-state index contributed by atoms with van der Waals surface area (Å²) in [6, 6.07) is 5.18. The monoisotopic (exact) mass is 314 g/mol. The zero-order valence-corrected chi connectivity index (χ0v) is 13.5. The largest absolute Gasteiger partial charge is 0.494 e. The van der Waals surface area contributed by atoms with Crippen LogP contribution in [-0.4, -0.2) is 24.8 Å². The molecule has 0 aliphatic heterocycles. The maximum Gasteiger partial charge on any atom is 0.407 e. The molecule has 0 saturated carbocycles. The first-order chi connectivity index (χ1) is 9.78. The van der Waals surface area contributed by atoms with E-state index in [2.05, 4.69) is 5.32 Å². The summed E-state index contributed by atoms with van der Waals surface area (Å²) in [5, 5.41) is 3.19. The third-order valence-corrected chi connectivity index (χ3v) is 2.81. The first kappa shape index (κ1) is 17.4. The Kier molecular flexibility index (Phi) is 6.62. The summed E-state index contributed by atoms with van der Waals surface area (Å²) in [5.41, 5.74) is 5.68. The molecule has 118 valence electrons. The molecular weight excluding hydrogens is 292 g/mol. The molecule has 21 heavy (non-hydrogen) atoms. The van der Waals surface area contributed by atoms with Crippen LogP contribution >= 0.6 is 11.6 Å². The number of nitrogens with one attached hydrogen (secondary N) is 1. The van der Waals surface area contributed by atoms with Crippen LogP contribution in [0.4, 0.5) is 10.5 Å². The average molecular weight is 315 g/mol. The van der Waals surface area contributed by atoms with Crippen LogP contribution in [0.15, 0.2) is 18.2 Å². The van der Waals surface area contributed by atoms with Gasteiger partial charge in [0.2, 0.25) is 0 Å². The van der Waals surface area contributed by atoms with Gasteiger partial charge in [0, 0.05) is 12.6 Å². The number of ether oxygens (including phenoxy) is 2. The summed E-state index contributed by atoms with van der Waals surface area (Å²) in [4.78, 5) is 11.4. The van der Waals surface area contributed by atoms with Crippen LogP contribution in [-0.2, 0) is 4.74 Å².